The molecule has 224 valence electrons. The predicted molar refractivity (Wildman–Crippen MR) is 200 cm³/mol. The summed E-state index contributed by atoms with van der Waals surface area (Å²) in [5.41, 5.74) is 10.7. The first kappa shape index (κ1) is 26.8. The maximum atomic E-state index is 6.64. The Balaban J connectivity index is 1.39. The first-order chi connectivity index (χ1) is 23.8. The topological polar surface area (TPSA) is 26.3 Å². The highest BCUT2D eigenvalue weighted by atomic mass is 16.3. The smallest absolute Gasteiger partial charge is 0.139 e. The number of hydrogen-bond donors (Lipinski definition) is 0. The van der Waals surface area contributed by atoms with E-state index in [4.69, 9.17) is 8.83 Å². The summed E-state index contributed by atoms with van der Waals surface area (Å²) < 4.78 is 13.2. The largest absolute Gasteiger partial charge is 0.456 e. The Morgan fingerprint density at radius 3 is 1.48 bits per heavy atom. The van der Waals surface area contributed by atoms with Crippen molar-refractivity contribution in [1.82, 2.24) is 0 Å². The van der Waals surface area contributed by atoms with E-state index in [2.05, 4.69) is 158 Å². The van der Waals surface area contributed by atoms with Crippen LogP contribution in [0.3, 0.4) is 0 Å². The molecule has 2 aromatic heterocycles. The number of furan rings is 2. The lowest BCUT2D eigenvalue weighted by atomic mass is 9.82. The first-order valence-electron chi connectivity index (χ1n) is 16.4. The predicted octanol–water partition coefficient (Wildman–Crippen LogP) is 13.3. The zero-order chi connectivity index (χ0) is 31.6. The summed E-state index contributed by atoms with van der Waals surface area (Å²) in [7, 11) is 0. The van der Waals surface area contributed by atoms with Gasteiger partial charge in [-0.3, -0.25) is 0 Å². The van der Waals surface area contributed by atoms with Gasteiger partial charge in [0.15, 0.2) is 0 Å². The van der Waals surface area contributed by atoms with Gasteiger partial charge in [0, 0.05) is 33.4 Å². The van der Waals surface area contributed by atoms with Crippen LogP contribution in [0.1, 0.15) is 0 Å². The van der Waals surface area contributed by atoms with Gasteiger partial charge in [0.05, 0.1) is 0 Å². The monoisotopic (exact) mass is 612 g/mol. The third-order valence-electron chi connectivity index (χ3n) is 9.69. The molecule has 10 rings (SSSR count). The van der Waals surface area contributed by atoms with E-state index in [1.807, 2.05) is 12.1 Å². The standard InChI is InChI=1S/C46H28O2/c1-3-15-29(16-4-1)31-19-7-8-20-32(31)43-33-21-9-11-23-35(33)44(36-24-12-10-22-34(36)43)46-38-27-40(30-17-5-2-6-18-30)48-41(38)28-42-45(46)37-25-13-14-26-39(37)47-42/h1-28H. The van der Waals surface area contributed by atoms with Gasteiger partial charge >= 0.3 is 0 Å². The molecule has 0 aliphatic carbocycles. The van der Waals surface area contributed by atoms with Gasteiger partial charge in [0.1, 0.15) is 22.5 Å². The fourth-order valence-corrected chi connectivity index (χ4v) is 7.65. The maximum absolute atomic E-state index is 6.64. The van der Waals surface area contributed by atoms with Crippen molar-refractivity contribution < 1.29 is 8.83 Å². The summed E-state index contributed by atoms with van der Waals surface area (Å²) in [5, 5.41) is 8.07. The molecule has 2 nitrogen and oxygen atoms in total. The molecule has 0 radical (unpaired) electrons. The SMILES string of the molecule is c1ccc(-c2cc3c(-c4c5ccccc5c(-c5ccccc5-c5ccccc5)c5ccccc45)c4c(cc3o2)oc2ccccc24)cc1. The van der Waals surface area contributed by atoms with E-state index in [9.17, 15) is 0 Å². The van der Waals surface area contributed by atoms with Crippen molar-refractivity contribution in [2.45, 2.75) is 0 Å². The molecule has 0 fully saturated rings. The van der Waals surface area contributed by atoms with E-state index < -0.39 is 0 Å². The zero-order valence-corrected chi connectivity index (χ0v) is 26.0. The average molecular weight is 613 g/mol. The Labute approximate surface area is 277 Å². The number of para-hydroxylation sites is 1. The van der Waals surface area contributed by atoms with E-state index in [0.29, 0.717) is 0 Å². The average Bonchev–Trinajstić information content (AvgIpc) is 3.75. The van der Waals surface area contributed by atoms with Gasteiger partial charge in [0.2, 0.25) is 0 Å². The van der Waals surface area contributed by atoms with Crippen molar-refractivity contribution in [2.24, 2.45) is 0 Å². The molecule has 0 aliphatic rings. The molecular weight excluding hydrogens is 585 g/mol. The fraction of sp³-hybridized carbons (Fsp3) is 0. The van der Waals surface area contributed by atoms with Crippen LogP contribution in [0.5, 0.6) is 0 Å². The zero-order valence-electron chi connectivity index (χ0n) is 26.0. The highest BCUT2D eigenvalue weighted by Crippen LogP contribution is 2.51. The Morgan fingerprint density at radius 2 is 0.812 bits per heavy atom. The fourth-order valence-electron chi connectivity index (χ4n) is 7.65. The molecular formula is C46H28O2. The van der Waals surface area contributed by atoms with Gasteiger partial charge in [0.25, 0.3) is 0 Å². The van der Waals surface area contributed by atoms with Crippen LogP contribution in [0.4, 0.5) is 0 Å². The molecule has 48 heavy (non-hydrogen) atoms. The molecule has 0 bridgehead atoms. The van der Waals surface area contributed by atoms with Crippen LogP contribution in [0, 0.1) is 0 Å². The van der Waals surface area contributed by atoms with Crippen molar-refractivity contribution in [3.05, 3.63) is 170 Å². The second-order valence-corrected chi connectivity index (χ2v) is 12.4. The van der Waals surface area contributed by atoms with Crippen molar-refractivity contribution in [3.63, 3.8) is 0 Å². The van der Waals surface area contributed by atoms with Crippen LogP contribution >= 0.6 is 0 Å². The lowest BCUT2D eigenvalue weighted by Gasteiger charge is -2.20. The summed E-state index contributed by atoms with van der Waals surface area (Å²) in [6.07, 6.45) is 0. The lowest BCUT2D eigenvalue weighted by Crippen LogP contribution is -1.93. The van der Waals surface area contributed by atoms with Crippen LogP contribution < -0.4 is 0 Å². The van der Waals surface area contributed by atoms with Gasteiger partial charge in [-0.05, 0) is 61.5 Å². The van der Waals surface area contributed by atoms with E-state index in [0.717, 1.165) is 49.8 Å². The molecule has 0 spiro atoms. The van der Waals surface area contributed by atoms with Crippen molar-refractivity contribution in [1.29, 1.82) is 0 Å². The van der Waals surface area contributed by atoms with Crippen LogP contribution in [-0.2, 0) is 0 Å². The second kappa shape index (κ2) is 10.6. The highest BCUT2D eigenvalue weighted by Gasteiger charge is 2.25. The number of rotatable bonds is 4. The molecule has 0 amide bonds. The molecule has 2 heteroatoms. The van der Waals surface area contributed by atoms with Crippen molar-refractivity contribution >= 4 is 54.5 Å². The molecule has 0 saturated heterocycles. The molecule has 0 saturated carbocycles. The lowest BCUT2D eigenvalue weighted by molar-refractivity contribution is 0.628. The molecule has 10 aromatic rings. The van der Waals surface area contributed by atoms with E-state index in [1.165, 1.54) is 49.4 Å². The quantitative estimate of drug-likeness (QED) is 0.185. The Kier molecular flexibility index (Phi) is 5.91. The van der Waals surface area contributed by atoms with Gasteiger partial charge in [-0.2, -0.15) is 0 Å². The Hall–Kier alpha value is -6.38. The van der Waals surface area contributed by atoms with Gasteiger partial charge in [-0.15, -0.1) is 0 Å². The molecule has 0 aliphatic heterocycles. The summed E-state index contributed by atoms with van der Waals surface area (Å²) in [4.78, 5) is 0. The summed E-state index contributed by atoms with van der Waals surface area (Å²) in [6.45, 7) is 0. The van der Waals surface area contributed by atoms with Crippen LogP contribution in [0.25, 0.3) is 99.2 Å². The highest BCUT2D eigenvalue weighted by molar-refractivity contribution is 6.30. The summed E-state index contributed by atoms with van der Waals surface area (Å²) in [6, 6.07) is 60.2. The minimum atomic E-state index is 0.807. The summed E-state index contributed by atoms with van der Waals surface area (Å²) in [5.74, 6) is 0.839. The number of benzene rings is 8. The minimum Gasteiger partial charge on any atom is -0.456 e. The molecule has 0 atom stereocenters. The molecule has 2 heterocycles. The normalized spacial score (nSPS) is 11.8. The maximum Gasteiger partial charge on any atom is 0.139 e. The summed E-state index contributed by atoms with van der Waals surface area (Å²) >= 11 is 0. The number of hydrogen-bond acceptors (Lipinski definition) is 2. The third kappa shape index (κ3) is 4.00. The number of fused-ring (bicyclic) bond motifs is 6. The molecule has 0 unspecified atom stereocenters. The minimum absolute atomic E-state index is 0.807. The van der Waals surface area contributed by atoms with Gasteiger partial charge < -0.3 is 8.83 Å². The first-order valence-corrected chi connectivity index (χ1v) is 16.4. The molecule has 0 N–H and O–H groups in total. The van der Waals surface area contributed by atoms with E-state index >= 15 is 0 Å². The van der Waals surface area contributed by atoms with E-state index in [-0.39, 0.29) is 0 Å². The van der Waals surface area contributed by atoms with Crippen LogP contribution in [0.2, 0.25) is 0 Å². The molecule has 8 aromatic carbocycles. The van der Waals surface area contributed by atoms with Crippen LogP contribution in [0.15, 0.2) is 179 Å². The van der Waals surface area contributed by atoms with Crippen LogP contribution in [-0.4, -0.2) is 0 Å². The van der Waals surface area contributed by atoms with Gasteiger partial charge in [-0.25, -0.2) is 0 Å². The van der Waals surface area contributed by atoms with Crippen molar-refractivity contribution in [3.8, 4) is 44.7 Å². The van der Waals surface area contributed by atoms with Crippen molar-refractivity contribution in [2.75, 3.05) is 0 Å². The Morgan fingerprint density at radius 1 is 0.292 bits per heavy atom. The van der Waals surface area contributed by atoms with E-state index in [1.54, 1.807) is 0 Å². The second-order valence-electron chi connectivity index (χ2n) is 12.4. The third-order valence-corrected chi connectivity index (χ3v) is 9.69. The Bertz CT molecular complexity index is 2760. The van der Waals surface area contributed by atoms with Gasteiger partial charge in [-0.1, -0.05) is 152 Å².